The quantitative estimate of drug-likeness (QED) is 0.453. The van der Waals surface area contributed by atoms with Gasteiger partial charge in [-0.3, -0.25) is 4.79 Å². The third kappa shape index (κ3) is 5.66. The zero-order valence-corrected chi connectivity index (χ0v) is 17.8. The summed E-state index contributed by atoms with van der Waals surface area (Å²) in [6.07, 6.45) is 2.54. The van der Waals surface area contributed by atoms with Gasteiger partial charge in [-0.05, 0) is 41.3 Å². The number of rotatable bonds is 10. The average Bonchev–Trinajstić information content (AvgIpc) is 2.73. The van der Waals surface area contributed by atoms with E-state index in [2.05, 4.69) is 5.32 Å². The van der Waals surface area contributed by atoms with Gasteiger partial charge in [0.2, 0.25) is 0 Å². The molecule has 0 heterocycles. The van der Waals surface area contributed by atoms with Gasteiger partial charge in [-0.25, -0.2) is 0 Å². The third-order valence-corrected chi connectivity index (χ3v) is 5.79. The summed E-state index contributed by atoms with van der Waals surface area (Å²) in [7, 11) is 0. The fourth-order valence-corrected chi connectivity index (χ4v) is 3.84. The number of halogens is 1. The predicted octanol–water partition coefficient (Wildman–Crippen LogP) is 5.37. The molecule has 0 bridgehead atoms. The molecule has 0 aliphatic rings. The lowest BCUT2D eigenvalue weighted by atomic mass is 10.0. The Labute approximate surface area is 180 Å². The Balaban J connectivity index is 1.85. The van der Waals surface area contributed by atoms with E-state index in [0.717, 1.165) is 33.4 Å². The summed E-state index contributed by atoms with van der Waals surface area (Å²) in [5, 5.41) is 15.5. The molecule has 0 fully saturated rings. The highest BCUT2D eigenvalue weighted by Gasteiger charge is 2.18. The van der Waals surface area contributed by atoms with E-state index in [1.807, 2.05) is 66.9 Å². The molecule has 3 aromatic rings. The normalized spacial score (nSPS) is 12.1. The van der Waals surface area contributed by atoms with Gasteiger partial charge in [0.1, 0.15) is 18.4 Å². The molecule has 1 unspecified atom stereocenters. The van der Waals surface area contributed by atoms with Gasteiger partial charge in [-0.2, -0.15) is 11.8 Å². The number of carboxylic acids is 1. The van der Waals surface area contributed by atoms with Crippen LogP contribution in [-0.2, 0) is 17.9 Å². The zero-order valence-electron chi connectivity index (χ0n) is 16.2. The van der Waals surface area contributed by atoms with E-state index in [4.69, 9.17) is 16.3 Å². The van der Waals surface area contributed by atoms with E-state index in [1.54, 1.807) is 11.8 Å². The lowest BCUT2D eigenvalue weighted by molar-refractivity contribution is -0.139. The zero-order chi connectivity index (χ0) is 20.6. The van der Waals surface area contributed by atoms with Gasteiger partial charge in [0, 0.05) is 22.7 Å². The van der Waals surface area contributed by atoms with Crippen molar-refractivity contribution in [3.63, 3.8) is 0 Å². The summed E-state index contributed by atoms with van der Waals surface area (Å²) in [4.78, 5) is 11.6. The van der Waals surface area contributed by atoms with Crippen LogP contribution in [0.2, 0.25) is 5.02 Å². The summed E-state index contributed by atoms with van der Waals surface area (Å²) in [5.74, 6) is 0.679. The van der Waals surface area contributed by atoms with Crippen LogP contribution in [0, 0.1) is 0 Å². The molecule has 0 spiro atoms. The van der Waals surface area contributed by atoms with Crippen LogP contribution in [0.1, 0.15) is 17.5 Å². The van der Waals surface area contributed by atoms with Crippen LogP contribution in [0.4, 0.5) is 0 Å². The van der Waals surface area contributed by atoms with Crippen molar-refractivity contribution in [3.05, 3.63) is 76.8 Å². The predicted molar refractivity (Wildman–Crippen MR) is 121 cm³/mol. The third-order valence-electron chi connectivity index (χ3n) is 4.77. The lowest BCUT2D eigenvalue weighted by Crippen LogP contribution is -2.36. The summed E-state index contributed by atoms with van der Waals surface area (Å²) < 4.78 is 6.11. The second-order valence-electron chi connectivity index (χ2n) is 6.70. The molecule has 152 valence electrons. The highest BCUT2D eigenvalue weighted by Crippen LogP contribution is 2.29. The Morgan fingerprint density at radius 2 is 1.90 bits per heavy atom. The number of benzene rings is 3. The van der Waals surface area contributed by atoms with Crippen LogP contribution in [0.5, 0.6) is 5.75 Å². The van der Waals surface area contributed by atoms with Crippen molar-refractivity contribution < 1.29 is 14.6 Å². The maximum atomic E-state index is 11.6. The minimum atomic E-state index is -0.835. The van der Waals surface area contributed by atoms with Crippen LogP contribution in [0.3, 0.4) is 0 Å². The summed E-state index contributed by atoms with van der Waals surface area (Å²) >= 11 is 7.89. The molecule has 2 N–H and O–H groups in total. The highest BCUT2D eigenvalue weighted by molar-refractivity contribution is 7.98. The first-order chi connectivity index (χ1) is 14.1. The standard InChI is InChI=1S/C23H24ClNO3S/c1-29-13-12-21(23(26)27)25-14-19-18-8-4-2-6-16(18)10-11-22(19)28-15-17-7-3-5-9-20(17)24/h2-11,21,25H,12-15H2,1H3,(H,26,27). The van der Waals surface area contributed by atoms with Gasteiger partial charge in [-0.15, -0.1) is 0 Å². The average molecular weight is 430 g/mol. The van der Waals surface area contributed by atoms with Crippen molar-refractivity contribution in [2.75, 3.05) is 12.0 Å². The van der Waals surface area contributed by atoms with Crippen molar-refractivity contribution in [2.24, 2.45) is 0 Å². The Morgan fingerprint density at radius 1 is 1.14 bits per heavy atom. The Morgan fingerprint density at radius 3 is 2.66 bits per heavy atom. The van der Waals surface area contributed by atoms with E-state index in [0.29, 0.717) is 24.6 Å². The Hall–Kier alpha value is -2.21. The number of carboxylic acid groups (broad SMARTS) is 1. The minimum absolute atomic E-state index is 0.347. The highest BCUT2D eigenvalue weighted by atomic mass is 35.5. The number of nitrogens with one attached hydrogen (secondary N) is 1. The number of aliphatic carboxylic acids is 1. The van der Waals surface area contributed by atoms with Crippen LogP contribution in [-0.4, -0.2) is 29.1 Å². The van der Waals surface area contributed by atoms with Crippen molar-refractivity contribution >= 4 is 40.1 Å². The van der Waals surface area contributed by atoms with Crippen LogP contribution in [0.25, 0.3) is 10.8 Å². The van der Waals surface area contributed by atoms with E-state index in [1.165, 1.54) is 0 Å². The molecule has 0 aromatic heterocycles. The molecule has 1 atom stereocenters. The second-order valence-corrected chi connectivity index (χ2v) is 8.09. The molecule has 0 amide bonds. The van der Waals surface area contributed by atoms with E-state index in [-0.39, 0.29) is 0 Å². The summed E-state index contributed by atoms with van der Waals surface area (Å²) in [6.45, 7) is 0.754. The number of hydrogen-bond acceptors (Lipinski definition) is 4. The molecule has 29 heavy (non-hydrogen) atoms. The molecule has 3 aromatic carbocycles. The number of ether oxygens (including phenoxy) is 1. The van der Waals surface area contributed by atoms with E-state index < -0.39 is 12.0 Å². The monoisotopic (exact) mass is 429 g/mol. The maximum Gasteiger partial charge on any atom is 0.320 e. The topological polar surface area (TPSA) is 58.6 Å². The first-order valence-electron chi connectivity index (χ1n) is 9.42. The molecule has 0 aliphatic heterocycles. The SMILES string of the molecule is CSCCC(NCc1c(OCc2ccccc2Cl)ccc2ccccc12)C(=O)O. The number of fused-ring (bicyclic) bond motifs is 1. The van der Waals surface area contributed by atoms with Crippen molar-refractivity contribution in [1.29, 1.82) is 0 Å². The molecular formula is C23H24ClNO3S. The number of carbonyl (C=O) groups is 1. The van der Waals surface area contributed by atoms with Crippen molar-refractivity contribution in [2.45, 2.75) is 25.6 Å². The van der Waals surface area contributed by atoms with E-state index >= 15 is 0 Å². The Bertz CT molecular complexity index is 979. The molecule has 0 radical (unpaired) electrons. The molecular weight excluding hydrogens is 406 g/mol. The Kier molecular flexibility index (Phi) is 7.81. The lowest BCUT2D eigenvalue weighted by Gasteiger charge is -2.18. The fraction of sp³-hybridized carbons (Fsp3) is 0.261. The van der Waals surface area contributed by atoms with Gasteiger partial charge in [0.15, 0.2) is 0 Å². The molecule has 0 saturated carbocycles. The molecule has 0 aliphatic carbocycles. The van der Waals surface area contributed by atoms with Crippen LogP contribution >= 0.6 is 23.4 Å². The minimum Gasteiger partial charge on any atom is -0.488 e. The first kappa shape index (κ1) is 21.5. The van der Waals surface area contributed by atoms with Gasteiger partial charge in [0.25, 0.3) is 0 Å². The largest absolute Gasteiger partial charge is 0.488 e. The first-order valence-corrected chi connectivity index (χ1v) is 11.2. The summed E-state index contributed by atoms with van der Waals surface area (Å²) in [6, 6.07) is 19.0. The second kappa shape index (κ2) is 10.5. The van der Waals surface area contributed by atoms with Gasteiger partial charge in [0.05, 0.1) is 0 Å². The molecule has 6 heteroatoms. The maximum absolute atomic E-state index is 11.6. The molecule has 0 saturated heterocycles. The fourth-order valence-electron chi connectivity index (χ4n) is 3.18. The van der Waals surface area contributed by atoms with E-state index in [9.17, 15) is 9.90 Å². The van der Waals surface area contributed by atoms with Gasteiger partial charge >= 0.3 is 5.97 Å². The van der Waals surface area contributed by atoms with Crippen molar-refractivity contribution in [3.8, 4) is 5.75 Å². The summed E-state index contributed by atoms with van der Waals surface area (Å²) in [5.41, 5.74) is 1.86. The van der Waals surface area contributed by atoms with Crippen LogP contribution < -0.4 is 10.1 Å². The van der Waals surface area contributed by atoms with Crippen molar-refractivity contribution in [1.82, 2.24) is 5.32 Å². The smallest absolute Gasteiger partial charge is 0.320 e. The number of thioether (sulfide) groups is 1. The van der Waals surface area contributed by atoms with Gasteiger partial charge < -0.3 is 15.2 Å². The molecule has 4 nitrogen and oxygen atoms in total. The van der Waals surface area contributed by atoms with Gasteiger partial charge in [-0.1, -0.05) is 60.1 Å². The van der Waals surface area contributed by atoms with Crippen LogP contribution in [0.15, 0.2) is 60.7 Å². The molecule has 3 rings (SSSR count). The number of hydrogen-bond donors (Lipinski definition) is 2.